The summed E-state index contributed by atoms with van der Waals surface area (Å²) in [5.74, 6) is -0.205. The van der Waals surface area contributed by atoms with Crippen LogP contribution in [0, 0.1) is 11.6 Å². The lowest BCUT2D eigenvalue weighted by molar-refractivity contribution is 0.624. The summed E-state index contributed by atoms with van der Waals surface area (Å²) < 4.78 is 29.2. The van der Waals surface area contributed by atoms with Gasteiger partial charge < -0.3 is 10.3 Å². The lowest BCUT2D eigenvalue weighted by Crippen LogP contribution is -2.05. The molecule has 41 heavy (non-hydrogen) atoms. The minimum Gasteiger partial charge on any atom is -0.336 e. The molecular formula is C33H34F2N6. The van der Waals surface area contributed by atoms with E-state index < -0.39 is 0 Å². The second-order valence-electron chi connectivity index (χ2n) is 8.56. The van der Waals surface area contributed by atoms with Gasteiger partial charge in [0.1, 0.15) is 22.8 Å². The predicted molar refractivity (Wildman–Crippen MR) is 166 cm³/mol. The van der Waals surface area contributed by atoms with Gasteiger partial charge in [0.15, 0.2) is 5.82 Å². The van der Waals surface area contributed by atoms with Crippen LogP contribution in [0.15, 0.2) is 92.4 Å². The number of halogens is 2. The molecular weight excluding hydrogens is 518 g/mol. The molecule has 0 aliphatic rings. The van der Waals surface area contributed by atoms with Crippen molar-refractivity contribution in [3.8, 4) is 22.8 Å². The van der Waals surface area contributed by atoms with Crippen molar-refractivity contribution in [3.63, 3.8) is 0 Å². The number of nitrogens with zero attached hydrogens (tertiary/aromatic N) is 3. The number of rotatable bonds is 7. The van der Waals surface area contributed by atoms with Crippen LogP contribution in [-0.4, -0.2) is 32.2 Å². The molecule has 3 N–H and O–H groups in total. The zero-order valence-corrected chi connectivity index (χ0v) is 23.8. The largest absolute Gasteiger partial charge is 0.336 e. The number of hydrogen-bond donors (Lipinski definition) is 3. The molecule has 0 atom stereocenters. The van der Waals surface area contributed by atoms with E-state index in [1.807, 2.05) is 40.0 Å². The van der Waals surface area contributed by atoms with Gasteiger partial charge in [-0.3, -0.25) is 10.1 Å². The van der Waals surface area contributed by atoms with E-state index in [1.165, 1.54) is 18.2 Å². The first-order valence-electron chi connectivity index (χ1n) is 13.2. The van der Waals surface area contributed by atoms with Gasteiger partial charge in [0, 0.05) is 35.3 Å². The van der Waals surface area contributed by atoms with E-state index >= 15 is 0 Å². The number of fused-ring (bicyclic) bond motifs is 2. The van der Waals surface area contributed by atoms with Crippen LogP contribution >= 0.6 is 0 Å². The number of allylic oxidation sites excluding steroid dienone is 5. The molecule has 0 saturated carbocycles. The molecule has 3 heterocycles. The Kier molecular flexibility index (Phi) is 10.8. The van der Waals surface area contributed by atoms with Crippen LogP contribution in [0.5, 0.6) is 0 Å². The Morgan fingerprint density at radius 1 is 1.07 bits per heavy atom. The molecule has 5 aromatic rings. The normalized spacial score (nSPS) is 11.1. The Morgan fingerprint density at radius 2 is 1.83 bits per heavy atom. The molecule has 210 valence electrons. The Hall–Kier alpha value is -4.91. The molecule has 8 heteroatoms. The Labute approximate surface area is 239 Å². The lowest BCUT2D eigenvalue weighted by atomic mass is 10.0. The summed E-state index contributed by atoms with van der Waals surface area (Å²) in [4.78, 5) is 12.6. The number of nitrogens with one attached hydrogen (secondary N) is 3. The second-order valence-corrected chi connectivity index (χ2v) is 8.56. The van der Waals surface area contributed by atoms with Crippen molar-refractivity contribution in [2.24, 2.45) is 0 Å². The van der Waals surface area contributed by atoms with Crippen molar-refractivity contribution in [3.05, 3.63) is 115 Å². The van der Waals surface area contributed by atoms with Gasteiger partial charge in [-0.05, 0) is 55.4 Å². The van der Waals surface area contributed by atoms with Crippen molar-refractivity contribution >= 4 is 27.5 Å². The Morgan fingerprint density at radius 3 is 2.51 bits per heavy atom. The molecule has 0 aliphatic heterocycles. The third-order valence-corrected chi connectivity index (χ3v) is 5.92. The number of benzene rings is 2. The van der Waals surface area contributed by atoms with Crippen molar-refractivity contribution in [2.75, 3.05) is 7.05 Å². The van der Waals surface area contributed by atoms with Crippen molar-refractivity contribution < 1.29 is 8.78 Å². The van der Waals surface area contributed by atoms with E-state index in [0.717, 1.165) is 16.7 Å². The molecule has 0 aliphatic carbocycles. The summed E-state index contributed by atoms with van der Waals surface area (Å²) in [5.41, 5.74) is 7.84. The van der Waals surface area contributed by atoms with Gasteiger partial charge in [0.25, 0.3) is 0 Å². The minimum absolute atomic E-state index is 0.342. The van der Waals surface area contributed by atoms with E-state index in [1.54, 1.807) is 36.6 Å². The predicted octanol–water partition coefficient (Wildman–Crippen LogP) is 8.29. The minimum atomic E-state index is -0.362. The summed E-state index contributed by atoms with van der Waals surface area (Å²) in [6, 6.07) is 9.83. The van der Waals surface area contributed by atoms with Crippen LogP contribution in [0.1, 0.15) is 31.9 Å². The van der Waals surface area contributed by atoms with Crippen LogP contribution in [0.3, 0.4) is 0 Å². The summed E-state index contributed by atoms with van der Waals surface area (Å²) in [6.45, 7) is 16.3. The fourth-order valence-corrected chi connectivity index (χ4v) is 4.31. The van der Waals surface area contributed by atoms with Crippen molar-refractivity contribution in [1.82, 2.24) is 30.5 Å². The number of H-pyrrole nitrogens is 2. The summed E-state index contributed by atoms with van der Waals surface area (Å²) in [5, 5.41) is 11.1. The maximum Gasteiger partial charge on any atom is 0.159 e. The number of imidazole rings is 1. The molecule has 0 amide bonds. The van der Waals surface area contributed by atoms with Gasteiger partial charge in [-0.25, -0.2) is 13.8 Å². The molecule has 0 fully saturated rings. The fraction of sp³-hybridized carbons (Fsp3) is 0.152. The summed E-state index contributed by atoms with van der Waals surface area (Å²) in [6.07, 6.45) is 8.70. The number of aromatic nitrogens is 5. The maximum atomic E-state index is 14.9. The van der Waals surface area contributed by atoms with E-state index in [4.69, 9.17) is 4.98 Å². The lowest BCUT2D eigenvalue weighted by Gasteiger charge is -2.06. The fourth-order valence-electron chi connectivity index (χ4n) is 4.31. The second kappa shape index (κ2) is 14.5. The van der Waals surface area contributed by atoms with Gasteiger partial charge in [-0.1, -0.05) is 57.9 Å². The van der Waals surface area contributed by atoms with Crippen molar-refractivity contribution in [1.29, 1.82) is 0 Å². The molecule has 0 saturated heterocycles. The highest BCUT2D eigenvalue weighted by Gasteiger charge is 2.18. The van der Waals surface area contributed by atoms with Gasteiger partial charge in [0.05, 0.1) is 16.7 Å². The number of hydrogen-bond acceptors (Lipinski definition) is 4. The Bertz CT molecular complexity index is 1750. The molecule has 0 spiro atoms. The molecule has 0 bridgehead atoms. The monoisotopic (exact) mass is 552 g/mol. The van der Waals surface area contributed by atoms with Crippen LogP contribution in [-0.2, 0) is 6.54 Å². The first-order valence-corrected chi connectivity index (χ1v) is 13.2. The van der Waals surface area contributed by atoms with Gasteiger partial charge >= 0.3 is 0 Å². The third kappa shape index (κ3) is 6.81. The van der Waals surface area contributed by atoms with Crippen LogP contribution < -0.4 is 5.32 Å². The SMILES string of the molecule is C=C/C=C\C(=C/C)c1cc2c(-c3nc4c(-c5cc(F)cc(CNC)c5)nccc4[nH]3)n[nH]c2cc1F.C=C=C.CC. The Balaban J connectivity index is 0.000000868. The molecule has 6 nitrogen and oxygen atoms in total. The topological polar surface area (TPSA) is 82.3 Å². The molecule has 3 aromatic heterocycles. The third-order valence-electron chi connectivity index (χ3n) is 5.92. The average molecular weight is 553 g/mol. The van der Waals surface area contributed by atoms with E-state index in [2.05, 4.69) is 51.0 Å². The van der Waals surface area contributed by atoms with Crippen LogP contribution in [0.25, 0.3) is 50.3 Å². The zero-order valence-electron chi connectivity index (χ0n) is 23.8. The molecule has 2 aromatic carbocycles. The zero-order chi connectivity index (χ0) is 29.9. The maximum absolute atomic E-state index is 14.9. The smallest absolute Gasteiger partial charge is 0.159 e. The van der Waals surface area contributed by atoms with Gasteiger partial charge in [0.2, 0.25) is 0 Å². The van der Waals surface area contributed by atoms with E-state index in [9.17, 15) is 8.78 Å². The first kappa shape index (κ1) is 30.6. The quantitative estimate of drug-likeness (QED) is 0.140. The van der Waals surface area contributed by atoms with Crippen LogP contribution in [0.4, 0.5) is 8.78 Å². The van der Waals surface area contributed by atoms with E-state index in [-0.39, 0.29) is 11.6 Å². The molecule has 0 unspecified atom stereocenters. The van der Waals surface area contributed by atoms with Gasteiger partial charge in [-0.15, -0.1) is 5.73 Å². The van der Waals surface area contributed by atoms with Crippen molar-refractivity contribution in [2.45, 2.75) is 27.3 Å². The number of aromatic amines is 2. The molecule has 0 radical (unpaired) electrons. The highest BCUT2D eigenvalue weighted by atomic mass is 19.1. The van der Waals surface area contributed by atoms with E-state index in [0.29, 0.717) is 51.3 Å². The highest BCUT2D eigenvalue weighted by Crippen LogP contribution is 2.33. The number of pyridine rings is 1. The average Bonchev–Trinajstić information content (AvgIpc) is 3.58. The summed E-state index contributed by atoms with van der Waals surface area (Å²) >= 11 is 0. The summed E-state index contributed by atoms with van der Waals surface area (Å²) in [7, 11) is 1.81. The van der Waals surface area contributed by atoms with Crippen LogP contribution in [0.2, 0.25) is 0 Å². The standard InChI is InChI=1S/C28H24F2N6.C3H4.C2H6/c1-4-6-7-17(5-2)20-13-21-24(14-22(20)30)35-36-26(21)28-33-23-8-9-32-25(27(23)34-28)18-10-16(15-31-3)11-19(29)12-18;1-3-2;1-2/h4-14,31H,1,15H2,2-3H3,(H,33,34)(H,35,36);1-2H2;1-2H3/b7-6-,17-5+;;. The first-order chi connectivity index (χ1) is 19.9. The van der Waals surface area contributed by atoms with Gasteiger partial charge in [-0.2, -0.15) is 5.10 Å². The highest BCUT2D eigenvalue weighted by molar-refractivity contribution is 5.97. The molecule has 5 rings (SSSR count).